The van der Waals surface area contributed by atoms with Crippen molar-refractivity contribution in [3.8, 4) is 17.6 Å². The first-order valence-electron chi connectivity index (χ1n) is 7.84. The number of benzene rings is 1. The molecule has 2 rings (SSSR count). The first-order valence-corrected chi connectivity index (χ1v) is 8.65. The molecule has 0 saturated heterocycles. The highest BCUT2D eigenvalue weighted by molar-refractivity contribution is 7.18. The fraction of sp³-hybridized carbons (Fsp3) is 0.278. The molecule has 8 nitrogen and oxygen atoms in total. The van der Waals surface area contributed by atoms with Crippen LogP contribution in [0.1, 0.15) is 38.1 Å². The van der Waals surface area contributed by atoms with Crippen LogP contribution in [0.2, 0.25) is 0 Å². The van der Waals surface area contributed by atoms with Crippen LogP contribution in [0.4, 0.5) is 5.00 Å². The SMILES string of the molecule is CCOC(=O)c1sc(N)c(C#N)c1COC(=O)c1ccc(OC)c(OC)c1. The zero-order chi connectivity index (χ0) is 20.0. The molecule has 27 heavy (non-hydrogen) atoms. The summed E-state index contributed by atoms with van der Waals surface area (Å²) in [5.74, 6) is -0.431. The van der Waals surface area contributed by atoms with Gasteiger partial charge in [0.2, 0.25) is 0 Å². The number of thiophene rings is 1. The van der Waals surface area contributed by atoms with Gasteiger partial charge in [0.05, 0.1) is 32.0 Å². The second-order valence-corrected chi connectivity index (χ2v) is 6.18. The quantitative estimate of drug-likeness (QED) is 0.716. The number of nitriles is 1. The molecule has 142 valence electrons. The number of carbonyl (C=O) groups excluding carboxylic acids is 2. The number of rotatable bonds is 7. The molecule has 2 aromatic rings. The predicted molar refractivity (Wildman–Crippen MR) is 98.1 cm³/mol. The molecule has 1 aromatic carbocycles. The maximum absolute atomic E-state index is 12.4. The van der Waals surface area contributed by atoms with Crippen LogP contribution in [-0.2, 0) is 16.1 Å². The van der Waals surface area contributed by atoms with E-state index in [1.54, 1.807) is 13.0 Å². The predicted octanol–water partition coefficient (Wildman–Crippen LogP) is 2.75. The van der Waals surface area contributed by atoms with Crippen molar-refractivity contribution in [2.24, 2.45) is 0 Å². The van der Waals surface area contributed by atoms with Crippen molar-refractivity contribution < 1.29 is 28.5 Å². The van der Waals surface area contributed by atoms with Crippen molar-refractivity contribution in [1.82, 2.24) is 0 Å². The number of methoxy groups -OCH3 is 2. The zero-order valence-corrected chi connectivity index (χ0v) is 15.8. The monoisotopic (exact) mass is 390 g/mol. The molecule has 0 atom stereocenters. The first kappa shape index (κ1) is 20.1. The molecule has 0 aliphatic heterocycles. The first-order chi connectivity index (χ1) is 13.0. The van der Waals surface area contributed by atoms with E-state index in [4.69, 9.17) is 24.7 Å². The van der Waals surface area contributed by atoms with Crippen LogP contribution in [0.25, 0.3) is 0 Å². The number of nitrogens with zero attached hydrogens (tertiary/aromatic N) is 1. The number of nitrogen functional groups attached to an aromatic ring is 1. The van der Waals surface area contributed by atoms with Crippen molar-refractivity contribution in [3.05, 3.63) is 39.8 Å². The lowest BCUT2D eigenvalue weighted by Crippen LogP contribution is -2.10. The maximum Gasteiger partial charge on any atom is 0.348 e. The van der Waals surface area contributed by atoms with Crippen molar-refractivity contribution in [3.63, 3.8) is 0 Å². The number of nitrogens with two attached hydrogens (primary N) is 1. The number of hydrogen-bond donors (Lipinski definition) is 1. The van der Waals surface area contributed by atoms with Crippen LogP contribution < -0.4 is 15.2 Å². The van der Waals surface area contributed by atoms with Crippen molar-refractivity contribution in [1.29, 1.82) is 5.26 Å². The molecule has 0 unspecified atom stereocenters. The van der Waals surface area contributed by atoms with Gasteiger partial charge in [-0.25, -0.2) is 9.59 Å². The normalized spacial score (nSPS) is 10.0. The Bertz CT molecular complexity index is 900. The third-order valence-electron chi connectivity index (χ3n) is 3.57. The molecule has 0 aliphatic rings. The van der Waals surface area contributed by atoms with Gasteiger partial charge in [-0.2, -0.15) is 5.26 Å². The highest BCUT2D eigenvalue weighted by Gasteiger charge is 2.24. The van der Waals surface area contributed by atoms with E-state index in [1.165, 1.54) is 26.4 Å². The molecule has 0 radical (unpaired) electrons. The van der Waals surface area contributed by atoms with Gasteiger partial charge in [0.1, 0.15) is 22.6 Å². The Morgan fingerprint density at radius 3 is 2.44 bits per heavy atom. The van der Waals surface area contributed by atoms with Crippen molar-refractivity contribution >= 4 is 28.3 Å². The van der Waals surface area contributed by atoms with Gasteiger partial charge >= 0.3 is 11.9 Å². The van der Waals surface area contributed by atoms with E-state index in [0.717, 1.165) is 11.3 Å². The Balaban J connectivity index is 2.24. The van der Waals surface area contributed by atoms with Gasteiger partial charge in [-0.15, -0.1) is 11.3 Å². The van der Waals surface area contributed by atoms with Crippen LogP contribution >= 0.6 is 11.3 Å². The Morgan fingerprint density at radius 1 is 1.15 bits per heavy atom. The molecular formula is C18H18N2O6S. The van der Waals surface area contributed by atoms with Crippen LogP contribution in [0.3, 0.4) is 0 Å². The molecule has 1 heterocycles. The molecule has 0 bridgehead atoms. The number of anilines is 1. The van der Waals surface area contributed by atoms with Gasteiger partial charge in [0.25, 0.3) is 0 Å². The summed E-state index contributed by atoms with van der Waals surface area (Å²) in [5, 5.41) is 9.45. The number of esters is 2. The summed E-state index contributed by atoms with van der Waals surface area (Å²) in [7, 11) is 2.93. The molecule has 2 N–H and O–H groups in total. The third kappa shape index (κ3) is 4.30. The van der Waals surface area contributed by atoms with Crippen LogP contribution in [0.5, 0.6) is 11.5 Å². The van der Waals surface area contributed by atoms with Gasteiger partial charge < -0.3 is 24.7 Å². The second kappa shape index (κ2) is 8.91. The summed E-state index contributed by atoms with van der Waals surface area (Å²) in [6, 6.07) is 6.49. The summed E-state index contributed by atoms with van der Waals surface area (Å²) in [6.07, 6.45) is 0. The Kier molecular flexibility index (Phi) is 6.62. The average Bonchev–Trinajstić information content (AvgIpc) is 3.00. The summed E-state index contributed by atoms with van der Waals surface area (Å²) in [5.41, 5.74) is 6.35. The van der Waals surface area contributed by atoms with Crippen LogP contribution in [0, 0.1) is 11.3 Å². The molecule has 9 heteroatoms. The maximum atomic E-state index is 12.4. The summed E-state index contributed by atoms with van der Waals surface area (Å²) in [6.45, 7) is 1.54. The Hall–Kier alpha value is -3.25. The number of ether oxygens (including phenoxy) is 4. The molecule has 0 saturated carbocycles. The number of carbonyl (C=O) groups is 2. The van der Waals surface area contributed by atoms with Gasteiger partial charge in [-0.3, -0.25) is 0 Å². The summed E-state index contributed by atoms with van der Waals surface area (Å²) in [4.78, 5) is 24.6. The van der Waals surface area contributed by atoms with Gasteiger partial charge in [0, 0.05) is 5.56 Å². The van der Waals surface area contributed by atoms with Crippen molar-refractivity contribution in [2.75, 3.05) is 26.6 Å². The summed E-state index contributed by atoms with van der Waals surface area (Å²) >= 11 is 0.925. The van der Waals surface area contributed by atoms with E-state index >= 15 is 0 Å². The Labute approximate surface area is 160 Å². The van der Waals surface area contributed by atoms with E-state index < -0.39 is 11.9 Å². The number of hydrogen-bond acceptors (Lipinski definition) is 9. The fourth-order valence-corrected chi connectivity index (χ4v) is 3.21. The van der Waals surface area contributed by atoms with E-state index in [0.29, 0.717) is 11.5 Å². The summed E-state index contributed by atoms with van der Waals surface area (Å²) < 4.78 is 20.5. The molecule has 1 aromatic heterocycles. The van der Waals surface area contributed by atoms with E-state index in [2.05, 4.69) is 0 Å². The molecule has 0 spiro atoms. The largest absolute Gasteiger partial charge is 0.493 e. The van der Waals surface area contributed by atoms with Crippen LogP contribution in [0.15, 0.2) is 18.2 Å². The standard InChI is InChI=1S/C18H18N2O6S/c1-4-25-18(22)15-12(11(8-19)16(20)27-15)9-26-17(21)10-5-6-13(23-2)14(7-10)24-3/h5-7H,4,9,20H2,1-3H3. The van der Waals surface area contributed by atoms with Crippen LogP contribution in [-0.4, -0.2) is 32.8 Å². The lowest BCUT2D eigenvalue weighted by molar-refractivity contribution is 0.0452. The lowest BCUT2D eigenvalue weighted by Gasteiger charge is -2.10. The minimum absolute atomic E-state index is 0.100. The molecular weight excluding hydrogens is 372 g/mol. The Morgan fingerprint density at radius 2 is 1.85 bits per heavy atom. The second-order valence-electron chi connectivity index (χ2n) is 5.13. The van der Waals surface area contributed by atoms with Gasteiger partial charge in [0.15, 0.2) is 11.5 Å². The topological polar surface area (TPSA) is 121 Å². The smallest absolute Gasteiger partial charge is 0.348 e. The van der Waals surface area contributed by atoms with Gasteiger partial charge in [-0.1, -0.05) is 0 Å². The zero-order valence-electron chi connectivity index (χ0n) is 15.0. The van der Waals surface area contributed by atoms with E-state index in [-0.39, 0.29) is 39.8 Å². The molecule has 0 amide bonds. The average molecular weight is 390 g/mol. The highest BCUT2D eigenvalue weighted by Crippen LogP contribution is 2.32. The van der Waals surface area contributed by atoms with E-state index in [1.807, 2.05) is 6.07 Å². The minimum atomic E-state index is -0.653. The molecule has 0 fully saturated rings. The minimum Gasteiger partial charge on any atom is -0.493 e. The third-order valence-corrected chi connectivity index (χ3v) is 4.61. The molecule has 0 aliphatic carbocycles. The van der Waals surface area contributed by atoms with Gasteiger partial charge in [-0.05, 0) is 25.1 Å². The lowest BCUT2D eigenvalue weighted by atomic mass is 10.1. The van der Waals surface area contributed by atoms with E-state index in [9.17, 15) is 14.9 Å². The highest BCUT2D eigenvalue weighted by atomic mass is 32.1. The fourth-order valence-electron chi connectivity index (χ4n) is 2.29. The van der Waals surface area contributed by atoms with Crippen molar-refractivity contribution in [2.45, 2.75) is 13.5 Å².